The summed E-state index contributed by atoms with van der Waals surface area (Å²) in [6.45, 7) is 4.90. The molecule has 2 saturated heterocycles. The summed E-state index contributed by atoms with van der Waals surface area (Å²) < 4.78 is 43.3. The highest BCUT2D eigenvalue weighted by Gasteiger charge is 2.87. The lowest BCUT2D eigenvalue weighted by molar-refractivity contribution is -0.194. The number of carbonyl (C=O) groups excluding carboxylic acids is 1. The van der Waals surface area contributed by atoms with Gasteiger partial charge in [0.05, 0.1) is 22.5 Å². The van der Waals surface area contributed by atoms with Crippen LogP contribution in [-0.4, -0.2) is 75.8 Å². The number of alkyl halides is 3. The van der Waals surface area contributed by atoms with Crippen LogP contribution in [0.2, 0.25) is 0 Å². The molecule has 1 aliphatic carbocycles. The normalized spacial score (nSPS) is 25.8. The van der Waals surface area contributed by atoms with Gasteiger partial charge in [-0.25, -0.2) is 4.79 Å². The van der Waals surface area contributed by atoms with Crippen LogP contribution in [0.1, 0.15) is 32.8 Å². The molecule has 0 radical (unpaired) electrons. The van der Waals surface area contributed by atoms with Crippen molar-refractivity contribution in [3.05, 3.63) is 36.0 Å². The molecule has 0 spiro atoms. The molecular weight excluding hydrogens is 475 g/mol. The minimum Gasteiger partial charge on any atom is -0.465 e. The number of benzene rings is 1. The number of nitriles is 1. The number of carboxylic acid groups (broad SMARTS) is 1. The Morgan fingerprint density at radius 1 is 1.19 bits per heavy atom. The molecular formula is C25H26F3N5O3. The molecule has 2 amide bonds. The Hall–Kier alpha value is -3.55. The van der Waals surface area contributed by atoms with Crippen molar-refractivity contribution in [3.8, 4) is 6.07 Å². The molecule has 1 N–H and O–H groups in total. The molecule has 5 rings (SSSR count). The van der Waals surface area contributed by atoms with Gasteiger partial charge in [-0.3, -0.25) is 14.7 Å². The first-order valence-corrected chi connectivity index (χ1v) is 11.7. The van der Waals surface area contributed by atoms with E-state index >= 15 is 0 Å². The fourth-order valence-corrected chi connectivity index (χ4v) is 6.17. The lowest BCUT2D eigenvalue weighted by atomic mass is 9.91. The summed E-state index contributed by atoms with van der Waals surface area (Å²) in [7, 11) is 0. The van der Waals surface area contributed by atoms with Gasteiger partial charge in [-0.1, -0.05) is 0 Å². The van der Waals surface area contributed by atoms with Crippen LogP contribution in [0, 0.1) is 22.2 Å². The van der Waals surface area contributed by atoms with E-state index < -0.39 is 40.6 Å². The van der Waals surface area contributed by atoms with Crippen molar-refractivity contribution in [1.82, 2.24) is 14.8 Å². The number of likely N-dealkylation sites (tertiary alicyclic amines) is 1. The van der Waals surface area contributed by atoms with Crippen LogP contribution in [0.15, 0.2) is 30.5 Å². The largest absolute Gasteiger partial charge is 0.465 e. The second kappa shape index (κ2) is 7.48. The Morgan fingerprint density at radius 3 is 2.47 bits per heavy atom. The van der Waals surface area contributed by atoms with Crippen LogP contribution < -0.4 is 4.90 Å². The first-order valence-electron chi connectivity index (χ1n) is 11.7. The third-order valence-electron chi connectivity index (χ3n) is 7.92. The summed E-state index contributed by atoms with van der Waals surface area (Å²) in [6.07, 6.45) is -4.47. The van der Waals surface area contributed by atoms with E-state index in [-0.39, 0.29) is 32.6 Å². The van der Waals surface area contributed by atoms with E-state index in [2.05, 4.69) is 11.1 Å². The second-order valence-corrected chi connectivity index (χ2v) is 11.0. The Balaban J connectivity index is 1.44. The van der Waals surface area contributed by atoms with Crippen LogP contribution in [0.4, 0.5) is 23.7 Å². The predicted molar refractivity (Wildman–Crippen MR) is 124 cm³/mol. The van der Waals surface area contributed by atoms with E-state index in [1.54, 1.807) is 43.9 Å². The van der Waals surface area contributed by atoms with Gasteiger partial charge in [0.15, 0.2) is 0 Å². The van der Waals surface area contributed by atoms with Crippen molar-refractivity contribution in [3.63, 3.8) is 0 Å². The Bertz CT molecular complexity index is 1310. The molecule has 0 bridgehead atoms. The van der Waals surface area contributed by atoms with Crippen LogP contribution >= 0.6 is 0 Å². The van der Waals surface area contributed by atoms with E-state index in [1.165, 1.54) is 22.1 Å². The van der Waals surface area contributed by atoms with Crippen LogP contribution in [-0.2, 0) is 4.79 Å². The van der Waals surface area contributed by atoms with Gasteiger partial charge in [-0.15, -0.1) is 0 Å². The number of hydrogen-bond donors (Lipinski definition) is 1. The lowest BCUT2D eigenvalue weighted by Crippen LogP contribution is -2.67. The zero-order valence-corrected chi connectivity index (χ0v) is 20.1. The number of pyridine rings is 1. The number of rotatable bonds is 3. The Kier molecular flexibility index (Phi) is 5.02. The lowest BCUT2D eigenvalue weighted by Gasteiger charge is -2.49. The molecule has 3 fully saturated rings. The Labute approximate surface area is 205 Å². The summed E-state index contributed by atoms with van der Waals surface area (Å²) in [5.41, 5.74) is -3.25. The zero-order chi connectivity index (χ0) is 26.3. The van der Waals surface area contributed by atoms with E-state index in [4.69, 9.17) is 0 Å². The first kappa shape index (κ1) is 24.2. The number of carbonyl (C=O) groups is 2. The van der Waals surface area contributed by atoms with E-state index in [9.17, 15) is 33.1 Å². The second-order valence-electron chi connectivity index (χ2n) is 11.0. The van der Waals surface area contributed by atoms with Crippen molar-refractivity contribution in [2.45, 2.75) is 44.9 Å². The molecule has 190 valence electrons. The standard InChI is InChI=1S/C25H26F3N5O3/c1-22(2,3)33(21(35)36)16-10-31(11-16)20(34)23-12-24(23,25(26,27)28)14-32(13-23)18-7-6-15(9-29)19-17(18)5-4-8-30-19/h4-8,16H,10-14H2,1-3H3,(H,35,36). The van der Waals surface area contributed by atoms with Gasteiger partial charge in [0, 0.05) is 49.0 Å². The van der Waals surface area contributed by atoms with Crippen LogP contribution in [0.3, 0.4) is 0 Å². The predicted octanol–water partition coefficient (Wildman–Crippen LogP) is 3.85. The van der Waals surface area contributed by atoms with Gasteiger partial charge in [-0.2, -0.15) is 18.4 Å². The maximum absolute atomic E-state index is 14.4. The molecule has 2 unspecified atom stereocenters. The average Bonchev–Trinajstić information content (AvgIpc) is 3.31. The highest BCUT2D eigenvalue weighted by atomic mass is 19.4. The van der Waals surface area contributed by atoms with E-state index in [1.807, 2.05) is 0 Å². The van der Waals surface area contributed by atoms with Crippen molar-refractivity contribution < 1.29 is 27.9 Å². The third kappa shape index (κ3) is 3.23. The van der Waals surface area contributed by atoms with Crippen LogP contribution in [0.25, 0.3) is 10.9 Å². The number of amides is 2. The van der Waals surface area contributed by atoms with Gasteiger partial charge >= 0.3 is 12.3 Å². The molecule has 1 saturated carbocycles. The number of halogens is 3. The number of anilines is 1. The number of piperidine rings is 1. The fourth-order valence-electron chi connectivity index (χ4n) is 6.17. The van der Waals surface area contributed by atoms with E-state index in [0.29, 0.717) is 22.2 Å². The summed E-state index contributed by atoms with van der Waals surface area (Å²) in [6, 6.07) is 8.12. The molecule has 2 aliphatic heterocycles. The van der Waals surface area contributed by atoms with E-state index in [0.717, 1.165) is 0 Å². The number of hydrogen-bond acceptors (Lipinski definition) is 5. The van der Waals surface area contributed by atoms with Gasteiger partial charge in [-0.05, 0) is 51.5 Å². The number of nitrogens with zero attached hydrogens (tertiary/aromatic N) is 5. The molecule has 8 nitrogen and oxygen atoms in total. The highest BCUT2D eigenvalue weighted by Crippen LogP contribution is 2.75. The Morgan fingerprint density at radius 2 is 1.89 bits per heavy atom. The summed E-state index contributed by atoms with van der Waals surface area (Å²) in [5.74, 6) is -0.575. The monoisotopic (exact) mass is 501 g/mol. The third-order valence-corrected chi connectivity index (χ3v) is 7.92. The van der Waals surface area contributed by atoms with Gasteiger partial charge in [0.2, 0.25) is 5.91 Å². The summed E-state index contributed by atoms with van der Waals surface area (Å²) in [4.78, 5) is 33.8. The molecule has 1 aromatic heterocycles. The molecule has 3 aliphatic rings. The molecule has 2 aromatic rings. The van der Waals surface area contributed by atoms with Crippen molar-refractivity contribution in [1.29, 1.82) is 5.26 Å². The molecule has 36 heavy (non-hydrogen) atoms. The smallest absolute Gasteiger partial charge is 0.408 e. The topological polar surface area (TPSA) is 101 Å². The molecule has 1 aromatic carbocycles. The zero-order valence-electron chi connectivity index (χ0n) is 20.1. The van der Waals surface area contributed by atoms with Crippen LogP contribution in [0.5, 0.6) is 0 Å². The number of fused-ring (bicyclic) bond motifs is 2. The SMILES string of the molecule is CC(C)(C)N(C(=O)O)C1CN(C(=O)C23CN(c4ccc(C#N)c5ncccc45)CC2(C(F)(F)F)C3)C1. The van der Waals surface area contributed by atoms with Crippen molar-refractivity contribution in [2.24, 2.45) is 10.8 Å². The molecule has 3 heterocycles. The number of aromatic nitrogens is 1. The quantitative estimate of drug-likeness (QED) is 0.686. The minimum atomic E-state index is -4.58. The maximum atomic E-state index is 14.4. The van der Waals surface area contributed by atoms with Gasteiger partial charge < -0.3 is 14.9 Å². The van der Waals surface area contributed by atoms with Gasteiger partial charge in [0.25, 0.3) is 0 Å². The van der Waals surface area contributed by atoms with Gasteiger partial charge in [0.1, 0.15) is 11.5 Å². The molecule has 11 heteroatoms. The minimum absolute atomic E-state index is 0.0712. The van der Waals surface area contributed by atoms with Crippen molar-refractivity contribution in [2.75, 3.05) is 31.1 Å². The summed E-state index contributed by atoms with van der Waals surface area (Å²) in [5, 5.41) is 19.6. The highest BCUT2D eigenvalue weighted by molar-refractivity contribution is 5.97. The maximum Gasteiger partial charge on any atom is 0.408 e. The molecule has 2 atom stereocenters. The first-order chi connectivity index (χ1) is 16.8. The average molecular weight is 502 g/mol. The fraction of sp³-hybridized carbons (Fsp3) is 0.520. The van der Waals surface area contributed by atoms with Crippen molar-refractivity contribution >= 4 is 28.6 Å². The summed E-state index contributed by atoms with van der Waals surface area (Å²) >= 11 is 0.